The number of nitrogens with zero attached hydrogens (tertiary/aromatic N) is 3. The van der Waals surface area contributed by atoms with E-state index in [0.29, 0.717) is 6.04 Å². The summed E-state index contributed by atoms with van der Waals surface area (Å²) < 4.78 is 0. The van der Waals surface area contributed by atoms with Gasteiger partial charge in [0.15, 0.2) is 11.4 Å². The van der Waals surface area contributed by atoms with E-state index in [1.54, 1.807) is 0 Å². The number of carbonyl (C=O) groups is 1. The smallest absolute Gasteiger partial charge is 0.186 e. The van der Waals surface area contributed by atoms with Crippen LogP contribution in [0.3, 0.4) is 0 Å². The molecule has 0 aliphatic carbocycles. The molecular formula is C13H21N3OS. The van der Waals surface area contributed by atoms with Gasteiger partial charge in [0.1, 0.15) is 0 Å². The van der Waals surface area contributed by atoms with Gasteiger partial charge in [-0.2, -0.15) is 0 Å². The van der Waals surface area contributed by atoms with E-state index in [0.717, 1.165) is 48.2 Å². The molecule has 18 heavy (non-hydrogen) atoms. The largest absolute Gasteiger partial charge is 0.346 e. The third-order valence-electron chi connectivity index (χ3n) is 3.73. The first-order valence-corrected chi connectivity index (χ1v) is 7.39. The minimum Gasteiger partial charge on any atom is -0.346 e. The normalized spacial score (nSPS) is 18.9. The molecule has 0 radical (unpaired) electrons. The standard InChI is InChI=1S/C13H21N3OS/c1-4-10(2)15-5-7-16(8-6-15)13-14-11(3)12(9-17)18-13/h9-10H,4-8H2,1-3H3. The van der Waals surface area contributed by atoms with Crippen LogP contribution in [0.25, 0.3) is 0 Å². The monoisotopic (exact) mass is 267 g/mol. The summed E-state index contributed by atoms with van der Waals surface area (Å²) in [5.41, 5.74) is 0.856. The second kappa shape index (κ2) is 5.80. The van der Waals surface area contributed by atoms with Gasteiger partial charge in [0.25, 0.3) is 0 Å². The highest BCUT2D eigenvalue weighted by atomic mass is 32.1. The van der Waals surface area contributed by atoms with Crippen LogP contribution in [0.15, 0.2) is 0 Å². The third kappa shape index (κ3) is 2.72. The van der Waals surface area contributed by atoms with Crippen molar-refractivity contribution in [1.82, 2.24) is 9.88 Å². The predicted molar refractivity (Wildman–Crippen MR) is 75.8 cm³/mol. The minimum atomic E-state index is 0.663. The maximum absolute atomic E-state index is 10.8. The number of thiazole rings is 1. The van der Waals surface area contributed by atoms with Crippen molar-refractivity contribution in [3.05, 3.63) is 10.6 Å². The highest BCUT2D eigenvalue weighted by Gasteiger charge is 2.22. The molecule has 0 N–H and O–H groups in total. The van der Waals surface area contributed by atoms with E-state index in [-0.39, 0.29) is 0 Å². The van der Waals surface area contributed by atoms with E-state index in [1.807, 2.05) is 6.92 Å². The Morgan fingerprint density at radius 2 is 2.06 bits per heavy atom. The van der Waals surface area contributed by atoms with Crippen LogP contribution in [0.2, 0.25) is 0 Å². The van der Waals surface area contributed by atoms with Gasteiger partial charge in [0.05, 0.1) is 10.6 Å². The average Bonchev–Trinajstić information content (AvgIpc) is 2.79. The van der Waals surface area contributed by atoms with Gasteiger partial charge in [-0.05, 0) is 20.3 Å². The highest BCUT2D eigenvalue weighted by Crippen LogP contribution is 2.25. The Morgan fingerprint density at radius 1 is 1.39 bits per heavy atom. The van der Waals surface area contributed by atoms with Crippen LogP contribution < -0.4 is 4.90 Å². The van der Waals surface area contributed by atoms with E-state index < -0.39 is 0 Å². The second-order valence-corrected chi connectivity index (χ2v) is 5.85. The van der Waals surface area contributed by atoms with Gasteiger partial charge in [-0.1, -0.05) is 18.3 Å². The number of hydrogen-bond donors (Lipinski definition) is 0. The zero-order valence-corrected chi connectivity index (χ0v) is 12.2. The lowest BCUT2D eigenvalue weighted by Gasteiger charge is -2.37. The number of anilines is 1. The fourth-order valence-corrected chi connectivity index (χ4v) is 3.18. The van der Waals surface area contributed by atoms with E-state index in [2.05, 4.69) is 28.6 Å². The van der Waals surface area contributed by atoms with Crippen molar-refractivity contribution in [2.75, 3.05) is 31.1 Å². The first kappa shape index (κ1) is 13.5. The number of rotatable bonds is 4. The Morgan fingerprint density at radius 3 is 2.56 bits per heavy atom. The molecule has 1 atom stereocenters. The Hall–Kier alpha value is -0.940. The molecule has 5 heteroatoms. The number of carbonyl (C=O) groups excluding carboxylic acids is 1. The summed E-state index contributed by atoms with van der Waals surface area (Å²) in [5, 5.41) is 0.999. The fraction of sp³-hybridized carbons (Fsp3) is 0.692. The molecule has 1 aliphatic rings. The van der Waals surface area contributed by atoms with Gasteiger partial charge < -0.3 is 4.90 Å². The predicted octanol–water partition coefficient (Wildman–Crippen LogP) is 2.18. The molecule has 0 saturated carbocycles. The minimum absolute atomic E-state index is 0.663. The maximum atomic E-state index is 10.8. The van der Waals surface area contributed by atoms with Crippen LogP contribution in [0.5, 0.6) is 0 Å². The summed E-state index contributed by atoms with van der Waals surface area (Å²) >= 11 is 1.51. The summed E-state index contributed by atoms with van der Waals surface area (Å²) in [4.78, 5) is 20.9. The summed E-state index contributed by atoms with van der Waals surface area (Å²) in [6, 6.07) is 0.663. The molecule has 0 aromatic carbocycles. The summed E-state index contributed by atoms with van der Waals surface area (Å²) in [5.74, 6) is 0. The fourth-order valence-electron chi connectivity index (χ4n) is 2.25. The van der Waals surface area contributed by atoms with Crippen LogP contribution >= 0.6 is 11.3 Å². The van der Waals surface area contributed by atoms with E-state index in [9.17, 15) is 4.79 Å². The molecular weight excluding hydrogens is 246 g/mol. The molecule has 1 unspecified atom stereocenters. The van der Waals surface area contributed by atoms with Gasteiger partial charge in [-0.25, -0.2) is 4.98 Å². The molecule has 1 fully saturated rings. The Kier molecular flexibility index (Phi) is 4.35. The van der Waals surface area contributed by atoms with Crippen molar-refractivity contribution in [1.29, 1.82) is 0 Å². The van der Waals surface area contributed by atoms with E-state index >= 15 is 0 Å². The van der Waals surface area contributed by atoms with Crippen LogP contribution in [0, 0.1) is 6.92 Å². The lowest BCUT2D eigenvalue weighted by molar-refractivity contribution is 0.112. The Balaban J connectivity index is 1.98. The van der Waals surface area contributed by atoms with Crippen molar-refractivity contribution in [2.45, 2.75) is 33.2 Å². The van der Waals surface area contributed by atoms with Crippen LogP contribution in [0.1, 0.15) is 35.6 Å². The number of hydrogen-bond acceptors (Lipinski definition) is 5. The molecule has 1 aromatic heterocycles. The van der Waals surface area contributed by atoms with Crippen molar-refractivity contribution in [2.24, 2.45) is 0 Å². The van der Waals surface area contributed by atoms with Crippen molar-refractivity contribution < 1.29 is 4.79 Å². The lowest BCUT2D eigenvalue weighted by Crippen LogP contribution is -2.49. The lowest BCUT2D eigenvalue weighted by atomic mass is 10.2. The molecule has 100 valence electrons. The van der Waals surface area contributed by atoms with E-state index in [4.69, 9.17) is 0 Å². The number of aryl methyl sites for hydroxylation is 1. The molecule has 0 bridgehead atoms. The molecule has 1 aromatic rings. The molecule has 2 heterocycles. The summed E-state index contributed by atoms with van der Waals surface area (Å²) in [7, 11) is 0. The van der Waals surface area contributed by atoms with Gasteiger partial charge >= 0.3 is 0 Å². The number of aromatic nitrogens is 1. The quantitative estimate of drug-likeness (QED) is 0.784. The molecule has 4 nitrogen and oxygen atoms in total. The molecule has 1 saturated heterocycles. The van der Waals surface area contributed by atoms with Gasteiger partial charge in [0.2, 0.25) is 0 Å². The third-order valence-corrected chi connectivity index (χ3v) is 4.87. The SMILES string of the molecule is CCC(C)N1CCN(c2nc(C)c(C=O)s2)CC1. The molecule has 0 spiro atoms. The topological polar surface area (TPSA) is 36.4 Å². The van der Waals surface area contributed by atoms with Crippen molar-refractivity contribution in [3.63, 3.8) is 0 Å². The summed E-state index contributed by atoms with van der Waals surface area (Å²) in [6.45, 7) is 10.6. The highest BCUT2D eigenvalue weighted by molar-refractivity contribution is 7.17. The maximum Gasteiger partial charge on any atom is 0.186 e. The Labute approximate surface area is 113 Å². The first-order valence-electron chi connectivity index (χ1n) is 6.57. The van der Waals surface area contributed by atoms with Crippen LogP contribution in [-0.4, -0.2) is 48.4 Å². The Bertz CT molecular complexity index is 410. The number of piperazine rings is 1. The average molecular weight is 267 g/mol. The van der Waals surface area contributed by atoms with Crippen LogP contribution in [-0.2, 0) is 0 Å². The second-order valence-electron chi connectivity index (χ2n) is 4.84. The molecule has 0 amide bonds. The summed E-state index contributed by atoms with van der Waals surface area (Å²) in [6.07, 6.45) is 2.11. The zero-order valence-electron chi connectivity index (χ0n) is 11.3. The van der Waals surface area contributed by atoms with Gasteiger partial charge in [-0.3, -0.25) is 9.69 Å². The first-order chi connectivity index (χ1) is 8.65. The molecule has 2 rings (SSSR count). The van der Waals surface area contributed by atoms with Gasteiger partial charge in [-0.15, -0.1) is 0 Å². The van der Waals surface area contributed by atoms with Crippen molar-refractivity contribution in [3.8, 4) is 0 Å². The van der Waals surface area contributed by atoms with Crippen molar-refractivity contribution >= 4 is 22.8 Å². The zero-order chi connectivity index (χ0) is 13.1. The molecule has 1 aliphatic heterocycles. The van der Waals surface area contributed by atoms with Crippen LogP contribution in [0.4, 0.5) is 5.13 Å². The van der Waals surface area contributed by atoms with Gasteiger partial charge in [0, 0.05) is 32.2 Å². The van der Waals surface area contributed by atoms with E-state index in [1.165, 1.54) is 17.8 Å². The number of aldehydes is 1.